The van der Waals surface area contributed by atoms with Crippen molar-refractivity contribution in [3.63, 3.8) is 0 Å². The highest BCUT2D eigenvalue weighted by Gasteiger charge is 2.35. The Hall–Kier alpha value is -0.200. The van der Waals surface area contributed by atoms with Crippen LogP contribution >= 0.6 is 14.9 Å². The van der Waals surface area contributed by atoms with Gasteiger partial charge in [0, 0.05) is 7.61 Å². The second-order valence-electron chi connectivity index (χ2n) is 3.36. The fraction of sp³-hybridized carbons (Fsp3) is 0.500. The van der Waals surface area contributed by atoms with Crippen molar-refractivity contribution in [1.82, 2.24) is 0 Å². The third-order valence-electron chi connectivity index (χ3n) is 2.23. The van der Waals surface area contributed by atoms with E-state index in [1.165, 1.54) is 0 Å². The molecule has 0 saturated heterocycles. The maximum atomic E-state index is 12.7. The lowest BCUT2D eigenvalue weighted by Gasteiger charge is -2.25. The Morgan fingerprint density at radius 1 is 1.06 bits per heavy atom. The molecule has 0 N–H and O–H groups in total. The average molecular weight is 274 g/mol. The normalized spacial score (nSPS) is 13.6. The van der Waals surface area contributed by atoms with Crippen molar-refractivity contribution in [2.24, 2.45) is 0 Å². The minimum atomic E-state index is -2.99. The minimum absolute atomic E-state index is 0.420. The van der Waals surface area contributed by atoms with E-state index in [9.17, 15) is 4.57 Å². The smallest absolute Gasteiger partial charge is 0.306 e. The van der Waals surface area contributed by atoms with Gasteiger partial charge in [-0.3, -0.25) is 4.57 Å². The standard InChI is InChI=1S/C12H20O3P2/c1-4-14-17(13,15-5-2)16(6-3)12-10-8-7-9-11-12/h7-11H,4-6H2,1-3H3. The first-order valence-electron chi connectivity index (χ1n) is 5.90. The fourth-order valence-corrected chi connectivity index (χ4v) is 7.93. The lowest BCUT2D eigenvalue weighted by atomic mass is 10.4. The molecule has 1 atom stereocenters. The summed E-state index contributed by atoms with van der Waals surface area (Å²) in [6, 6.07) is 9.88. The monoisotopic (exact) mass is 274 g/mol. The van der Waals surface area contributed by atoms with Gasteiger partial charge < -0.3 is 9.05 Å². The topological polar surface area (TPSA) is 35.5 Å². The Balaban J connectivity index is 3.01. The molecule has 5 heteroatoms. The van der Waals surface area contributed by atoms with Crippen LogP contribution in [0, 0.1) is 0 Å². The van der Waals surface area contributed by atoms with Crippen LogP contribution in [0.4, 0.5) is 0 Å². The zero-order valence-electron chi connectivity index (χ0n) is 10.6. The van der Waals surface area contributed by atoms with Crippen molar-refractivity contribution in [3.05, 3.63) is 30.3 Å². The first kappa shape index (κ1) is 14.9. The van der Waals surface area contributed by atoms with Gasteiger partial charge in [0.05, 0.1) is 13.2 Å². The summed E-state index contributed by atoms with van der Waals surface area (Å²) in [5.74, 6) is 0. The molecule has 0 heterocycles. The van der Waals surface area contributed by atoms with E-state index in [0.29, 0.717) is 13.2 Å². The Morgan fingerprint density at radius 2 is 1.59 bits per heavy atom. The van der Waals surface area contributed by atoms with Crippen LogP contribution in [-0.2, 0) is 13.6 Å². The zero-order chi connectivity index (χ0) is 12.7. The van der Waals surface area contributed by atoms with Crippen LogP contribution in [0.15, 0.2) is 30.3 Å². The Morgan fingerprint density at radius 3 is 2.00 bits per heavy atom. The maximum Gasteiger partial charge on any atom is 0.353 e. The van der Waals surface area contributed by atoms with Gasteiger partial charge in [-0.15, -0.1) is 0 Å². The predicted molar refractivity (Wildman–Crippen MR) is 74.4 cm³/mol. The first-order valence-corrected chi connectivity index (χ1v) is 9.67. The lowest BCUT2D eigenvalue weighted by Crippen LogP contribution is -2.06. The summed E-state index contributed by atoms with van der Waals surface area (Å²) in [6.45, 7) is 6.56. The van der Waals surface area contributed by atoms with E-state index in [2.05, 4.69) is 0 Å². The summed E-state index contributed by atoms with van der Waals surface area (Å²) in [4.78, 5) is 0. The van der Waals surface area contributed by atoms with E-state index < -0.39 is 14.9 Å². The predicted octanol–water partition coefficient (Wildman–Crippen LogP) is 3.99. The Labute approximate surface area is 105 Å². The highest BCUT2D eigenvalue weighted by molar-refractivity contribution is 8.32. The quantitative estimate of drug-likeness (QED) is 0.705. The van der Waals surface area contributed by atoms with Gasteiger partial charge in [-0.05, 0) is 25.3 Å². The molecule has 0 aliphatic rings. The zero-order valence-corrected chi connectivity index (χ0v) is 12.4. The van der Waals surface area contributed by atoms with Crippen LogP contribution in [-0.4, -0.2) is 19.4 Å². The second-order valence-corrected chi connectivity index (χ2v) is 9.68. The van der Waals surface area contributed by atoms with Crippen LogP contribution in [0.3, 0.4) is 0 Å². The van der Waals surface area contributed by atoms with Crippen molar-refractivity contribution < 1.29 is 13.6 Å². The van der Waals surface area contributed by atoms with Crippen LogP contribution in [0.25, 0.3) is 0 Å². The summed E-state index contributed by atoms with van der Waals surface area (Å²) in [5, 5.41) is 1.08. The summed E-state index contributed by atoms with van der Waals surface area (Å²) < 4.78 is 23.6. The molecule has 0 bridgehead atoms. The summed E-state index contributed by atoms with van der Waals surface area (Å²) in [6.07, 6.45) is 0.802. The molecule has 17 heavy (non-hydrogen) atoms. The summed E-state index contributed by atoms with van der Waals surface area (Å²) in [7, 11) is -3.89. The van der Waals surface area contributed by atoms with Crippen molar-refractivity contribution >= 4 is 20.2 Å². The molecular formula is C12H20O3P2. The average Bonchev–Trinajstić information content (AvgIpc) is 2.31. The SMILES string of the molecule is CCOP(=O)(OCC)P(CC)c1ccccc1. The summed E-state index contributed by atoms with van der Waals surface area (Å²) in [5.41, 5.74) is 0. The fourth-order valence-electron chi connectivity index (χ4n) is 1.60. The van der Waals surface area contributed by atoms with E-state index in [0.717, 1.165) is 11.5 Å². The molecule has 0 saturated carbocycles. The minimum Gasteiger partial charge on any atom is -0.306 e. The molecule has 0 spiro atoms. The van der Waals surface area contributed by atoms with Gasteiger partial charge in [0.1, 0.15) is 0 Å². The molecule has 0 aliphatic heterocycles. The van der Waals surface area contributed by atoms with Crippen molar-refractivity contribution in [3.8, 4) is 0 Å². The molecule has 96 valence electrons. The van der Waals surface area contributed by atoms with Gasteiger partial charge >= 0.3 is 7.28 Å². The highest BCUT2D eigenvalue weighted by Crippen LogP contribution is 2.75. The number of hydrogen-bond donors (Lipinski definition) is 0. The van der Waals surface area contributed by atoms with Crippen molar-refractivity contribution in [2.45, 2.75) is 20.8 Å². The van der Waals surface area contributed by atoms with Gasteiger partial charge in [-0.25, -0.2) is 0 Å². The van der Waals surface area contributed by atoms with Crippen LogP contribution < -0.4 is 5.30 Å². The van der Waals surface area contributed by atoms with E-state index in [1.54, 1.807) is 0 Å². The highest BCUT2D eigenvalue weighted by atomic mass is 32.1. The van der Waals surface area contributed by atoms with Gasteiger partial charge in [0.15, 0.2) is 0 Å². The molecule has 1 aromatic rings. The third kappa shape index (κ3) is 3.89. The first-order chi connectivity index (χ1) is 8.18. The second kappa shape index (κ2) is 7.28. The maximum absolute atomic E-state index is 12.7. The largest absolute Gasteiger partial charge is 0.353 e. The van der Waals surface area contributed by atoms with Crippen molar-refractivity contribution in [2.75, 3.05) is 19.4 Å². The summed E-state index contributed by atoms with van der Waals surface area (Å²) >= 11 is 0. The Bertz CT molecular complexity index is 357. The van der Waals surface area contributed by atoms with Crippen LogP contribution in [0.5, 0.6) is 0 Å². The molecule has 1 aromatic carbocycles. The molecule has 0 aliphatic carbocycles. The number of hydrogen-bond acceptors (Lipinski definition) is 3. The Kier molecular flexibility index (Phi) is 6.37. The lowest BCUT2D eigenvalue weighted by molar-refractivity contribution is 0.236. The molecule has 0 aromatic heterocycles. The molecule has 0 amide bonds. The third-order valence-corrected chi connectivity index (χ3v) is 9.50. The number of benzene rings is 1. The van der Waals surface area contributed by atoms with E-state index in [1.807, 2.05) is 51.1 Å². The number of rotatable bonds is 7. The van der Waals surface area contributed by atoms with Crippen LogP contribution in [0.1, 0.15) is 20.8 Å². The molecule has 1 rings (SSSR count). The molecule has 3 nitrogen and oxygen atoms in total. The van der Waals surface area contributed by atoms with E-state index in [4.69, 9.17) is 9.05 Å². The van der Waals surface area contributed by atoms with E-state index >= 15 is 0 Å². The molecule has 0 fully saturated rings. The van der Waals surface area contributed by atoms with Gasteiger partial charge in [0.2, 0.25) is 0 Å². The van der Waals surface area contributed by atoms with Gasteiger partial charge in [-0.1, -0.05) is 37.3 Å². The van der Waals surface area contributed by atoms with Gasteiger partial charge in [0.25, 0.3) is 0 Å². The van der Waals surface area contributed by atoms with E-state index in [-0.39, 0.29) is 0 Å². The van der Waals surface area contributed by atoms with Crippen molar-refractivity contribution in [1.29, 1.82) is 0 Å². The molecule has 0 radical (unpaired) electrons. The molecular weight excluding hydrogens is 254 g/mol. The van der Waals surface area contributed by atoms with Crippen LogP contribution in [0.2, 0.25) is 0 Å². The van der Waals surface area contributed by atoms with Gasteiger partial charge in [-0.2, -0.15) is 0 Å². The molecule has 1 unspecified atom stereocenters.